The van der Waals surface area contributed by atoms with Gasteiger partial charge in [-0.05, 0) is 40.1 Å². The zero-order valence-electron chi connectivity index (χ0n) is 14.2. The van der Waals surface area contributed by atoms with Gasteiger partial charge in [-0.2, -0.15) is 5.10 Å². The van der Waals surface area contributed by atoms with Crippen LogP contribution in [-0.2, 0) is 17.9 Å². The van der Waals surface area contributed by atoms with Gasteiger partial charge < -0.3 is 4.74 Å². The van der Waals surface area contributed by atoms with Crippen LogP contribution in [0.3, 0.4) is 0 Å². The molecule has 0 aliphatic rings. The minimum absolute atomic E-state index is 0.259. The number of benzene rings is 3. The van der Waals surface area contributed by atoms with Crippen LogP contribution in [0, 0.1) is 0 Å². The summed E-state index contributed by atoms with van der Waals surface area (Å²) in [6, 6.07) is 23.5. The van der Waals surface area contributed by atoms with E-state index in [-0.39, 0.29) is 12.6 Å². The van der Waals surface area contributed by atoms with Gasteiger partial charge in [0.25, 0.3) is 0 Å². The molecule has 0 radical (unpaired) electrons. The Kier molecular flexibility index (Phi) is 4.48. The van der Waals surface area contributed by atoms with Crippen molar-refractivity contribution in [1.82, 2.24) is 9.78 Å². The second-order valence-corrected chi connectivity index (χ2v) is 6.11. The molecule has 0 atom stereocenters. The lowest BCUT2D eigenvalue weighted by Crippen LogP contribution is -2.06. The quantitative estimate of drug-likeness (QED) is 0.504. The Bertz CT molecular complexity index is 1020. The SMILES string of the molecule is O=C(OCc1cccc2ccccc12)c1ccc(Cn2cccn2)cc1. The maximum absolute atomic E-state index is 12.3. The zero-order valence-corrected chi connectivity index (χ0v) is 14.2. The van der Waals surface area contributed by atoms with E-state index < -0.39 is 0 Å². The molecule has 4 heteroatoms. The normalized spacial score (nSPS) is 10.8. The summed E-state index contributed by atoms with van der Waals surface area (Å²) < 4.78 is 7.35. The van der Waals surface area contributed by atoms with E-state index in [4.69, 9.17) is 4.74 Å². The number of carbonyl (C=O) groups is 1. The highest BCUT2D eigenvalue weighted by Crippen LogP contribution is 2.19. The summed E-state index contributed by atoms with van der Waals surface area (Å²) in [6.07, 6.45) is 3.66. The summed E-state index contributed by atoms with van der Waals surface area (Å²) in [5.74, 6) is -0.316. The van der Waals surface area contributed by atoms with Crippen molar-refractivity contribution in [3.05, 3.63) is 102 Å². The molecule has 1 aromatic heterocycles. The molecule has 0 bridgehead atoms. The van der Waals surface area contributed by atoms with Gasteiger partial charge in [-0.25, -0.2) is 4.79 Å². The topological polar surface area (TPSA) is 44.1 Å². The zero-order chi connectivity index (χ0) is 17.8. The van der Waals surface area contributed by atoms with Crippen molar-refractivity contribution >= 4 is 16.7 Å². The lowest BCUT2D eigenvalue weighted by Gasteiger charge is -2.09. The van der Waals surface area contributed by atoms with Crippen molar-refractivity contribution in [2.75, 3.05) is 0 Å². The van der Waals surface area contributed by atoms with E-state index in [9.17, 15) is 4.79 Å². The van der Waals surface area contributed by atoms with Crippen LogP contribution in [0.1, 0.15) is 21.5 Å². The predicted octanol–water partition coefficient (Wildman–Crippen LogP) is 4.44. The highest BCUT2D eigenvalue weighted by molar-refractivity contribution is 5.90. The molecule has 0 N–H and O–H groups in total. The van der Waals surface area contributed by atoms with Crippen molar-refractivity contribution in [3.8, 4) is 0 Å². The molecule has 0 aliphatic heterocycles. The van der Waals surface area contributed by atoms with E-state index in [0.29, 0.717) is 12.1 Å². The molecule has 0 unspecified atom stereocenters. The fourth-order valence-corrected chi connectivity index (χ4v) is 2.97. The monoisotopic (exact) mass is 342 g/mol. The van der Waals surface area contributed by atoms with Crippen molar-refractivity contribution in [3.63, 3.8) is 0 Å². The van der Waals surface area contributed by atoms with Crippen LogP contribution in [0.2, 0.25) is 0 Å². The first-order valence-corrected chi connectivity index (χ1v) is 8.50. The summed E-state index contributed by atoms with van der Waals surface area (Å²) in [4.78, 5) is 12.3. The molecule has 4 aromatic rings. The maximum Gasteiger partial charge on any atom is 0.338 e. The standard InChI is InChI=1S/C22H18N2O2/c25-22(19-11-9-17(10-12-19)15-24-14-4-13-23-24)26-16-20-7-3-6-18-5-1-2-8-21(18)20/h1-14H,15-16H2. The first kappa shape index (κ1) is 16.1. The fourth-order valence-electron chi connectivity index (χ4n) is 2.97. The Balaban J connectivity index is 1.43. The smallest absolute Gasteiger partial charge is 0.338 e. The van der Waals surface area contributed by atoms with E-state index in [2.05, 4.69) is 17.2 Å². The van der Waals surface area contributed by atoms with Crippen LogP contribution in [0.25, 0.3) is 10.8 Å². The third kappa shape index (κ3) is 3.49. The number of nitrogens with zero attached hydrogens (tertiary/aromatic N) is 2. The minimum atomic E-state index is -0.316. The molecule has 128 valence electrons. The average Bonchev–Trinajstić information content (AvgIpc) is 3.19. The Morgan fingerprint density at radius 1 is 0.923 bits per heavy atom. The van der Waals surface area contributed by atoms with Gasteiger partial charge >= 0.3 is 5.97 Å². The lowest BCUT2D eigenvalue weighted by molar-refractivity contribution is 0.0474. The number of ether oxygens (including phenoxy) is 1. The van der Waals surface area contributed by atoms with Gasteiger partial charge in [0.15, 0.2) is 0 Å². The Morgan fingerprint density at radius 3 is 2.54 bits per heavy atom. The molecular formula is C22H18N2O2. The first-order chi connectivity index (χ1) is 12.8. The molecule has 0 aliphatic carbocycles. The Hall–Kier alpha value is -3.40. The lowest BCUT2D eigenvalue weighted by atomic mass is 10.1. The van der Waals surface area contributed by atoms with Crippen molar-refractivity contribution in [1.29, 1.82) is 0 Å². The third-order valence-corrected chi connectivity index (χ3v) is 4.33. The number of rotatable bonds is 5. The number of carbonyl (C=O) groups excluding carboxylic acids is 1. The van der Waals surface area contributed by atoms with E-state index >= 15 is 0 Å². The van der Waals surface area contributed by atoms with E-state index in [1.54, 1.807) is 18.3 Å². The largest absolute Gasteiger partial charge is 0.457 e. The summed E-state index contributed by atoms with van der Waals surface area (Å²) in [7, 11) is 0. The molecular weight excluding hydrogens is 324 g/mol. The van der Waals surface area contributed by atoms with Gasteiger partial charge in [0.1, 0.15) is 6.61 Å². The van der Waals surface area contributed by atoms with Gasteiger partial charge in [-0.15, -0.1) is 0 Å². The van der Waals surface area contributed by atoms with Gasteiger partial charge in [-0.3, -0.25) is 4.68 Å². The summed E-state index contributed by atoms with van der Waals surface area (Å²) in [5, 5.41) is 6.43. The molecule has 1 heterocycles. The van der Waals surface area contributed by atoms with Gasteiger partial charge in [-0.1, -0.05) is 54.6 Å². The van der Waals surface area contributed by atoms with Gasteiger partial charge in [0.05, 0.1) is 12.1 Å². The molecule has 0 saturated carbocycles. The second-order valence-electron chi connectivity index (χ2n) is 6.11. The number of esters is 1. The van der Waals surface area contributed by atoms with E-state index in [1.807, 2.05) is 59.4 Å². The summed E-state index contributed by atoms with van der Waals surface area (Å²) >= 11 is 0. The molecule has 0 amide bonds. The highest BCUT2D eigenvalue weighted by Gasteiger charge is 2.09. The van der Waals surface area contributed by atoms with Gasteiger partial charge in [0, 0.05) is 12.4 Å². The van der Waals surface area contributed by atoms with Crippen LogP contribution in [0.15, 0.2) is 85.2 Å². The Morgan fingerprint density at radius 2 is 1.73 bits per heavy atom. The molecule has 4 rings (SSSR count). The van der Waals surface area contributed by atoms with Crippen LogP contribution in [-0.4, -0.2) is 15.7 Å². The second kappa shape index (κ2) is 7.23. The predicted molar refractivity (Wildman–Crippen MR) is 101 cm³/mol. The van der Waals surface area contributed by atoms with Gasteiger partial charge in [0.2, 0.25) is 0 Å². The number of fused-ring (bicyclic) bond motifs is 1. The van der Waals surface area contributed by atoms with Crippen molar-refractivity contribution in [2.45, 2.75) is 13.2 Å². The van der Waals surface area contributed by atoms with E-state index in [1.165, 1.54) is 0 Å². The molecule has 0 spiro atoms. The number of hydrogen-bond donors (Lipinski definition) is 0. The van der Waals surface area contributed by atoms with Crippen LogP contribution >= 0.6 is 0 Å². The summed E-state index contributed by atoms with van der Waals surface area (Å²) in [5.41, 5.74) is 2.64. The molecule has 26 heavy (non-hydrogen) atoms. The minimum Gasteiger partial charge on any atom is -0.457 e. The molecule has 3 aromatic carbocycles. The summed E-state index contributed by atoms with van der Waals surface area (Å²) in [6.45, 7) is 0.938. The Labute approximate surface area is 151 Å². The fraction of sp³-hybridized carbons (Fsp3) is 0.0909. The molecule has 4 nitrogen and oxygen atoms in total. The third-order valence-electron chi connectivity index (χ3n) is 4.33. The number of hydrogen-bond acceptors (Lipinski definition) is 3. The number of aromatic nitrogens is 2. The van der Waals surface area contributed by atoms with E-state index in [0.717, 1.165) is 21.9 Å². The molecule has 0 saturated heterocycles. The van der Waals surface area contributed by atoms with Crippen LogP contribution in [0.4, 0.5) is 0 Å². The van der Waals surface area contributed by atoms with Crippen LogP contribution < -0.4 is 0 Å². The molecule has 0 fully saturated rings. The van der Waals surface area contributed by atoms with Crippen molar-refractivity contribution < 1.29 is 9.53 Å². The van der Waals surface area contributed by atoms with Crippen LogP contribution in [0.5, 0.6) is 0 Å². The highest BCUT2D eigenvalue weighted by atomic mass is 16.5. The van der Waals surface area contributed by atoms with Crippen molar-refractivity contribution in [2.24, 2.45) is 0 Å². The average molecular weight is 342 g/mol. The maximum atomic E-state index is 12.3. The first-order valence-electron chi connectivity index (χ1n) is 8.50.